The number of aryl methyl sites for hydroxylation is 1. The summed E-state index contributed by atoms with van der Waals surface area (Å²) in [5.74, 6) is 0. The SMILES string of the molecule is c1ccc(C2=NCCCn3cccc32)cc1. The van der Waals surface area contributed by atoms with Gasteiger partial charge in [0.25, 0.3) is 0 Å². The Kier molecular flexibility index (Phi) is 2.33. The number of nitrogens with zero attached hydrogens (tertiary/aromatic N) is 2. The van der Waals surface area contributed by atoms with Crippen molar-refractivity contribution in [3.63, 3.8) is 0 Å². The van der Waals surface area contributed by atoms with Crippen LogP contribution in [0.1, 0.15) is 17.7 Å². The van der Waals surface area contributed by atoms with Gasteiger partial charge in [0.05, 0.1) is 11.4 Å². The summed E-state index contributed by atoms with van der Waals surface area (Å²) in [5.41, 5.74) is 3.58. The fourth-order valence-corrected chi connectivity index (χ4v) is 2.17. The van der Waals surface area contributed by atoms with E-state index >= 15 is 0 Å². The van der Waals surface area contributed by atoms with Gasteiger partial charge in [-0.2, -0.15) is 0 Å². The Balaban J connectivity index is 2.12. The normalized spacial score (nSPS) is 15.1. The molecule has 80 valence electrons. The first-order chi connectivity index (χ1) is 7.95. The Hall–Kier alpha value is -1.83. The van der Waals surface area contributed by atoms with Crippen LogP contribution >= 0.6 is 0 Å². The monoisotopic (exact) mass is 210 g/mol. The van der Waals surface area contributed by atoms with Crippen molar-refractivity contribution >= 4 is 5.71 Å². The van der Waals surface area contributed by atoms with Crippen molar-refractivity contribution in [3.8, 4) is 0 Å². The molecule has 0 radical (unpaired) electrons. The lowest BCUT2D eigenvalue weighted by molar-refractivity contribution is 0.663. The fraction of sp³-hybridized carbons (Fsp3) is 0.214. The van der Waals surface area contributed by atoms with Crippen LogP contribution in [-0.4, -0.2) is 16.8 Å². The quantitative estimate of drug-likeness (QED) is 0.688. The predicted molar refractivity (Wildman–Crippen MR) is 66.0 cm³/mol. The second-order valence-corrected chi connectivity index (χ2v) is 4.04. The van der Waals surface area contributed by atoms with Crippen molar-refractivity contribution in [3.05, 3.63) is 59.9 Å². The van der Waals surface area contributed by atoms with Crippen molar-refractivity contribution in [2.45, 2.75) is 13.0 Å². The highest BCUT2D eigenvalue weighted by molar-refractivity contribution is 6.12. The van der Waals surface area contributed by atoms with E-state index in [1.165, 1.54) is 11.3 Å². The second kappa shape index (κ2) is 3.97. The lowest BCUT2D eigenvalue weighted by atomic mass is 10.1. The summed E-state index contributed by atoms with van der Waals surface area (Å²) < 4.78 is 2.29. The van der Waals surface area contributed by atoms with Crippen molar-refractivity contribution in [2.24, 2.45) is 4.99 Å². The molecule has 16 heavy (non-hydrogen) atoms. The molecule has 0 fully saturated rings. The first kappa shape index (κ1) is 9.40. The predicted octanol–water partition coefficient (Wildman–Crippen LogP) is 2.73. The van der Waals surface area contributed by atoms with Gasteiger partial charge in [0.2, 0.25) is 0 Å². The van der Waals surface area contributed by atoms with Crippen LogP contribution in [-0.2, 0) is 6.54 Å². The van der Waals surface area contributed by atoms with Crippen molar-refractivity contribution in [1.29, 1.82) is 0 Å². The van der Waals surface area contributed by atoms with Gasteiger partial charge in [-0.25, -0.2) is 0 Å². The maximum absolute atomic E-state index is 4.70. The highest BCUT2D eigenvalue weighted by Gasteiger charge is 2.13. The Labute approximate surface area is 95.3 Å². The third kappa shape index (κ3) is 1.56. The van der Waals surface area contributed by atoms with Crippen LogP contribution in [0.4, 0.5) is 0 Å². The summed E-state index contributed by atoms with van der Waals surface area (Å²) in [6, 6.07) is 14.7. The Morgan fingerprint density at radius 2 is 1.88 bits per heavy atom. The van der Waals surface area contributed by atoms with E-state index in [0.29, 0.717) is 0 Å². The Morgan fingerprint density at radius 3 is 2.75 bits per heavy atom. The summed E-state index contributed by atoms with van der Waals surface area (Å²) in [6.07, 6.45) is 3.26. The average Bonchev–Trinajstić information content (AvgIpc) is 2.70. The van der Waals surface area contributed by atoms with Crippen LogP contribution in [0.2, 0.25) is 0 Å². The largest absolute Gasteiger partial charge is 0.346 e. The van der Waals surface area contributed by atoms with Crippen LogP contribution in [0.25, 0.3) is 0 Å². The van der Waals surface area contributed by atoms with Gasteiger partial charge in [-0.15, -0.1) is 0 Å². The molecule has 2 aromatic rings. The summed E-state index contributed by atoms with van der Waals surface area (Å²) in [7, 11) is 0. The van der Waals surface area contributed by atoms with Crippen molar-refractivity contribution in [1.82, 2.24) is 4.57 Å². The molecular formula is C14H14N2. The lowest BCUT2D eigenvalue weighted by Crippen LogP contribution is -2.08. The van der Waals surface area contributed by atoms with Crippen LogP contribution in [0.15, 0.2) is 53.7 Å². The lowest BCUT2D eigenvalue weighted by Gasteiger charge is -2.07. The molecule has 3 rings (SSSR count). The molecule has 0 atom stereocenters. The zero-order valence-corrected chi connectivity index (χ0v) is 9.13. The van der Waals surface area contributed by atoms with Gasteiger partial charge in [0.1, 0.15) is 0 Å². The smallest absolute Gasteiger partial charge is 0.0883 e. The summed E-state index contributed by atoms with van der Waals surface area (Å²) in [5, 5.41) is 0. The van der Waals surface area contributed by atoms with E-state index in [1.807, 2.05) is 6.07 Å². The maximum Gasteiger partial charge on any atom is 0.0883 e. The molecule has 0 spiro atoms. The third-order valence-corrected chi connectivity index (χ3v) is 2.95. The van der Waals surface area contributed by atoms with E-state index in [9.17, 15) is 0 Å². The first-order valence-corrected chi connectivity index (χ1v) is 5.70. The number of rotatable bonds is 1. The molecule has 0 saturated heterocycles. The summed E-state index contributed by atoms with van der Waals surface area (Å²) in [6.45, 7) is 1.99. The number of benzene rings is 1. The number of aliphatic imine (C=N–C) groups is 1. The highest BCUT2D eigenvalue weighted by Crippen LogP contribution is 2.15. The van der Waals surface area contributed by atoms with Gasteiger partial charge in [-0.3, -0.25) is 4.99 Å². The molecule has 2 nitrogen and oxygen atoms in total. The van der Waals surface area contributed by atoms with Gasteiger partial charge >= 0.3 is 0 Å². The summed E-state index contributed by atoms with van der Waals surface area (Å²) in [4.78, 5) is 4.70. The molecule has 1 aromatic heterocycles. The molecular weight excluding hydrogens is 196 g/mol. The topological polar surface area (TPSA) is 17.3 Å². The van der Waals surface area contributed by atoms with Gasteiger partial charge in [-0.1, -0.05) is 30.3 Å². The van der Waals surface area contributed by atoms with E-state index in [1.54, 1.807) is 0 Å². The van der Waals surface area contributed by atoms with Gasteiger partial charge in [-0.05, 0) is 18.6 Å². The molecule has 0 bridgehead atoms. The van der Waals surface area contributed by atoms with E-state index in [2.05, 4.69) is 47.2 Å². The zero-order chi connectivity index (χ0) is 10.8. The second-order valence-electron chi connectivity index (χ2n) is 4.04. The minimum Gasteiger partial charge on any atom is -0.346 e. The minimum absolute atomic E-state index is 0.923. The van der Waals surface area contributed by atoms with E-state index < -0.39 is 0 Å². The molecule has 2 heterocycles. The molecule has 0 N–H and O–H groups in total. The molecule has 0 unspecified atom stereocenters. The molecule has 2 heteroatoms. The molecule has 1 aliphatic rings. The molecule has 0 aliphatic carbocycles. The van der Waals surface area contributed by atoms with Gasteiger partial charge in [0, 0.05) is 24.8 Å². The van der Waals surface area contributed by atoms with E-state index in [4.69, 9.17) is 4.99 Å². The average molecular weight is 210 g/mol. The van der Waals surface area contributed by atoms with Crippen molar-refractivity contribution in [2.75, 3.05) is 6.54 Å². The van der Waals surface area contributed by atoms with Crippen LogP contribution in [0, 0.1) is 0 Å². The number of fused-ring (bicyclic) bond motifs is 1. The third-order valence-electron chi connectivity index (χ3n) is 2.95. The van der Waals surface area contributed by atoms with Gasteiger partial charge in [0.15, 0.2) is 0 Å². The number of aromatic nitrogens is 1. The van der Waals surface area contributed by atoms with E-state index in [-0.39, 0.29) is 0 Å². The Morgan fingerprint density at radius 1 is 1.00 bits per heavy atom. The standard InChI is InChI=1S/C14H14N2/c1-2-6-12(7-3-1)14-13-8-4-10-16(13)11-5-9-15-14/h1-4,6-8,10H,5,9,11H2. The number of hydrogen-bond acceptors (Lipinski definition) is 1. The highest BCUT2D eigenvalue weighted by atomic mass is 15.0. The molecule has 0 amide bonds. The van der Waals surface area contributed by atoms with Crippen LogP contribution in [0.3, 0.4) is 0 Å². The van der Waals surface area contributed by atoms with Crippen molar-refractivity contribution < 1.29 is 0 Å². The molecule has 1 aromatic carbocycles. The van der Waals surface area contributed by atoms with Crippen LogP contribution < -0.4 is 0 Å². The first-order valence-electron chi connectivity index (χ1n) is 5.70. The Bertz CT molecular complexity index is 509. The molecule has 0 saturated carbocycles. The minimum atomic E-state index is 0.923. The number of hydrogen-bond donors (Lipinski definition) is 0. The molecule has 1 aliphatic heterocycles. The van der Waals surface area contributed by atoms with Crippen LogP contribution in [0.5, 0.6) is 0 Å². The van der Waals surface area contributed by atoms with Gasteiger partial charge < -0.3 is 4.57 Å². The summed E-state index contributed by atoms with van der Waals surface area (Å²) >= 11 is 0. The zero-order valence-electron chi connectivity index (χ0n) is 9.13. The fourth-order valence-electron chi connectivity index (χ4n) is 2.17. The van der Waals surface area contributed by atoms with E-state index in [0.717, 1.165) is 25.2 Å². The maximum atomic E-state index is 4.70.